The van der Waals surface area contributed by atoms with Crippen LogP contribution in [0, 0.1) is 0 Å². The van der Waals surface area contributed by atoms with Gasteiger partial charge >= 0.3 is 0 Å². The van der Waals surface area contributed by atoms with Gasteiger partial charge < -0.3 is 15.9 Å². The van der Waals surface area contributed by atoms with Crippen LogP contribution in [0.15, 0.2) is 40.2 Å². The van der Waals surface area contributed by atoms with E-state index in [1.54, 1.807) is 0 Å². The highest BCUT2D eigenvalue weighted by molar-refractivity contribution is 7.08. The smallest absolute Gasteiger partial charge is 0.265 e. The summed E-state index contributed by atoms with van der Waals surface area (Å²) in [7, 11) is 0. The minimum Gasteiger partial charge on any atom is -0.384 e. The number of carbonyl (C=O) groups excluding carboxylic acids is 1. The molecule has 1 heterocycles. The third-order valence-corrected chi connectivity index (χ3v) is 4.12. The van der Waals surface area contributed by atoms with Crippen LogP contribution in [0.25, 0.3) is 0 Å². The highest BCUT2D eigenvalue weighted by Crippen LogP contribution is 2.22. The number of anilines is 1. The van der Waals surface area contributed by atoms with Gasteiger partial charge in [-0.3, -0.25) is 4.79 Å². The fraction of sp³-hybridized carbons (Fsp3) is 0.294. The number of hydrogen-bond donors (Lipinski definition) is 2. The van der Waals surface area contributed by atoms with Crippen LogP contribution in [0.3, 0.4) is 0 Å². The highest BCUT2D eigenvalue weighted by atomic mass is 32.1. The maximum Gasteiger partial charge on any atom is 0.265 e. The van der Waals surface area contributed by atoms with Gasteiger partial charge in [0.15, 0.2) is 12.4 Å². The lowest BCUT2D eigenvalue weighted by Gasteiger charge is -2.14. The number of nitrogens with zero attached hydrogens (tertiary/aromatic N) is 1. The van der Waals surface area contributed by atoms with Gasteiger partial charge in [-0.2, -0.15) is 11.3 Å². The van der Waals surface area contributed by atoms with Gasteiger partial charge in [-0.1, -0.05) is 37.2 Å². The lowest BCUT2D eigenvalue weighted by molar-refractivity contribution is -0.120. The van der Waals surface area contributed by atoms with Crippen LogP contribution >= 0.6 is 11.3 Å². The van der Waals surface area contributed by atoms with Crippen LogP contribution in [0.5, 0.6) is 0 Å². The average molecular weight is 331 g/mol. The molecule has 122 valence electrons. The Bertz CT molecular complexity index is 659. The zero-order valence-corrected chi connectivity index (χ0v) is 14.2. The number of nitrogens with one attached hydrogen (secondary N) is 1. The van der Waals surface area contributed by atoms with E-state index in [9.17, 15) is 4.79 Å². The Morgan fingerprint density at radius 1 is 1.26 bits per heavy atom. The summed E-state index contributed by atoms with van der Waals surface area (Å²) in [6.07, 6.45) is 1.71. The zero-order valence-electron chi connectivity index (χ0n) is 13.3. The molecule has 3 N–H and O–H groups in total. The molecule has 0 unspecified atom stereocenters. The van der Waals surface area contributed by atoms with E-state index < -0.39 is 0 Å². The van der Waals surface area contributed by atoms with Crippen LogP contribution in [0.4, 0.5) is 5.69 Å². The van der Waals surface area contributed by atoms with E-state index in [1.807, 2.05) is 35.0 Å². The lowest BCUT2D eigenvalue weighted by atomic mass is 10.0. The van der Waals surface area contributed by atoms with Gasteiger partial charge in [-0.25, -0.2) is 0 Å². The molecule has 5 nitrogen and oxygen atoms in total. The summed E-state index contributed by atoms with van der Waals surface area (Å²) in [5, 5.41) is 10.5. The fourth-order valence-corrected chi connectivity index (χ4v) is 2.85. The maximum absolute atomic E-state index is 12.1. The van der Waals surface area contributed by atoms with Gasteiger partial charge in [0.05, 0.1) is 0 Å². The molecule has 2 rings (SSSR count). The van der Waals surface area contributed by atoms with E-state index in [2.05, 4.69) is 24.3 Å². The number of nitrogens with two attached hydrogens (primary N) is 1. The first-order valence-corrected chi connectivity index (χ1v) is 8.48. The predicted molar refractivity (Wildman–Crippen MR) is 94.8 cm³/mol. The van der Waals surface area contributed by atoms with E-state index in [4.69, 9.17) is 10.6 Å². The number of rotatable bonds is 7. The van der Waals surface area contributed by atoms with Crippen molar-refractivity contribution in [3.05, 3.63) is 51.7 Å². The molecule has 2 aromatic rings. The van der Waals surface area contributed by atoms with Crippen molar-refractivity contribution in [1.29, 1.82) is 0 Å². The second kappa shape index (κ2) is 8.33. The van der Waals surface area contributed by atoms with E-state index in [0.717, 1.165) is 35.2 Å². The van der Waals surface area contributed by atoms with Crippen molar-refractivity contribution in [3.8, 4) is 0 Å². The summed E-state index contributed by atoms with van der Waals surface area (Å²) < 4.78 is 0. The molecule has 0 aliphatic carbocycles. The topological polar surface area (TPSA) is 76.7 Å². The molecule has 0 saturated heterocycles. The third-order valence-electron chi connectivity index (χ3n) is 3.44. The average Bonchev–Trinajstić information content (AvgIpc) is 3.09. The van der Waals surface area contributed by atoms with Crippen molar-refractivity contribution in [2.75, 3.05) is 11.9 Å². The number of thiophene rings is 1. The fourth-order valence-electron chi connectivity index (χ4n) is 2.20. The second-order valence-electron chi connectivity index (χ2n) is 4.97. The summed E-state index contributed by atoms with van der Waals surface area (Å²) in [4.78, 5) is 17.1. The molecule has 0 aliphatic rings. The number of amidine groups is 1. The maximum atomic E-state index is 12.1. The van der Waals surface area contributed by atoms with Gasteiger partial charge in [0.25, 0.3) is 5.91 Å². The molecule has 6 heteroatoms. The van der Waals surface area contributed by atoms with E-state index in [1.165, 1.54) is 11.3 Å². The first-order chi connectivity index (χ1) is 11.2. The molecule has 0 radical (unpaired) electrons. The summed E-state index contributed by atoms with van der Waals surface area (Å²) in [5.74, 6) is 0.0183. The van der Waals surface area contributed by atoms with E-state index >= 15 is 0 Å². The van der Waals surface area contributed by atoms with Crippen molar-refractivity contribution in [1.82, 2.24) is 0 Å². The Hall–Kier alpha value is -2.34. The third kappa shape index (κ3) is 4.56. The minimum absolute atomic E-state index is 0.175. The molecular formula is C17H21N3O2S. The van der Waals surface area contributed by atoms with Crippen LogP contribution in [0.2, 0.25) is 0 Å². The first-order valence-electron chi connectivity index (χ1n) is 7.54. The Kier molecular flexibility index (Phi) is 6.17. The van der Waals surface area contributed by atoms with Crippen molar-refractivity contribution in [2.45, 2.75) is 26.7 Å². The number of oxime groups is 1. The number of benzene rings is 1. The molecule has 0 spiro atoms. The van der Waals surface area contributed by atoms with Crippen molar-refractivity contribution in [3.63, 3.8) is 0 Å². The molecular weight excluding hydrogens is 310 g/mol. The Balaban J connectivity index is 1.96. The molecule has 0 atom stereocenters. The number of hydrogen-bond acceptors (Lipinski definition) is 4. The monoisotopic (exact) mass is 331 g/mol. The normalized spacial score (nSPS) is 11.3. The van der Waals surface area contributed by atoms with Gasteiger partial charge in [-0.15, -0.1) is 0 Å². The highest BCUT2D eigenvalue weighted by Gasteiger charge is 2.10. The van der Waals surface area contributed by atoms with E-state index in [-0.39, 0.29) is 18.3 Å². The molecule has 0 saturated carbocycles. The predicted octanol–water partition coefficient (Wildman–Crippen LogP) is 3.15. The van der Waals surface area contributed by atoms with E-state index in [0.29, 0.717) is 0 Å². The number of carbonyl (C=O) groups is 1. The van der Waals surface area contributed by atoms with Gasteiger partial charge in [-0.05, 0) is 35.4 Å². The standard InChI is InChI=1S/C17H21N3O2S/c1-3-12-6-5-7-13(4-2)16(12)19-15(21)10-22-20-17(18)14-8-9-23-11-14/h5-9,11H,3-4,10H2,1-2H3,(H2,18,20)(H,19,21). The van der Waals surface area contributed by atoms with Crippen molar-refractivity contribution < 1.29 is 9.63 Å². The number of amides is 1. The summed E-state index contributed by atoms with van der Waals surface area (Å²) >= 11 is 1.52. The van der Waals surface area contributed by atoms with Crippen molar-refractivity contribution in [2.24, 2.45) is 10.9 Å². The quantitative estimate of drug-likeness (QED) is 0.465. The number of para-hydroxylation sites is 1. The molecule has 0 bridgehead atoms. The summed E-state index contributed by atoms with van der Waals surface area (Å²) in [6.45, 7) is 3.95. The molecule has 0 fully saturated rings. The zero-order chi connectivity index (χ0) is 16.7. The Labute approximate surface area is 140 Å². The molecule has 1 aromatic carbocycles. The second-order valence-corrected chi connectivity index (χ2v) is 5.75. The SMILES string of the molecule is CCc1cccc(CC)c1NC(=O)CON=C(N)c1ccsc1. The molecule has 0 aliphatic heterocycles. The van der Waals surface area contributed by atoms with Crippen molar-refractivity contribution >= 4 is 28.8 Å². The van der Waals surface area contributed by atoms with Gasteiger partial charge in [0, 0.05) is 16.6 Å². The van der Waals surface area contributed by atoms with Crippen LogP contribution < -0.4 is 11.1 Å². The minimum atomic E-state index is -0.248. The van der Waals surface area contributed by atoms with Crippen LogP contribution in [0.1, 0.15) is 30.5 Å². The van der Waals surface area contributed by atoms with Gasteiger partial charge in [0.1, 0.15) is 0 Å². The molecule has 1 aromatic heterocycles. The Morgan fingerprint density at radius 3 is 2.52 bits per heavy atom. The summed E-state index contributed by atoms with van der Waals surface area (Å²) in [6, 6.07) is 7.89. The first kappa shape index (κ1) is 17.0. The lowest BCUT2D eigenvalue weighted by Crippen LogP contribution is -2.20. The summed E-state index contributed by atoms with van der Waals surface area (Å²) in [5.41, 5.74) is 9.66. The van der Waals surface area contributed by atoms with Crippen LogP contribution in [-0.4, -0.2) is 18.3 Å². The van der Waals surface area contributed by atoms with Gasteiger partial charge in [0.2, 0.25) is 0 Å². The molecule has 1 amide bonds. The largest absolute Gasteiger partial charge is 0.384 e. The Morgan fingerprint density at radius 2 is 1.96 bits per heavy atom. The molecule has 23 heavy (non-hydrogen) atoms. The van der Waals surface area contributed by atoms with Crippen LogP contribution in [-0.2, 0) is 22.5 Å². The number of aryl methyl sites for hydroxylation is 2.